The van der Waals surface area contributed by atoms with Gasteiger partial charge in [0, 0.05) is 31.6 Å². The van der Waals surface area contributed by atoms with E-state index in [0.717, 1.165) is 60.8 Å². The van der Waals surface area contributed by atoms with Crippen molar-refractivity contribution in [2.45, 2.75) is 20.3 Å². The number of hydrogen-bond acceptors (Lipinski definition) is 5. The first-order valence-electron chi connectivity index (χ1n) is 10.8. The van der Waals surface area contributed by atoms with Crippen LogP contribution in [0.2, 0.25) is 0 Å². The predicted molar refractivity (Wildman–Crippen MR) is 134 cm³/mol. The summed E-state index contributed by atoms with van der Waals surface area (Å²) in [5, 5.41) is 14.8. The van der Waals surface area contributed by atoms with Gasteiger partial charge in [0.05, 0.1) is 23.9 Å². The van der Waals surface area contributed by atoms with Crippen molar-refractivity contribution in [1.29, 1.82) is 5.26 Å². The number of aromatic nitrogens is 1. The molecule has 0 unspecified atom stereocenters. The molecule has 0 saturated carbocycles. The number of methoxy groups -OCH3 is 1. The van der Waals surface area contributed by atoms with Crippen LogP contribution in [-0.2, 0) is 0 Å². The van der Waals surface area contributed by atoms with Crippen LogP contribution in [0.1, 0.15) is 23.1 Å². The van der Waals surface area contributed by atoms with Crippen molar-refractivity contribution < 1.29 is 4.74 Å². The number of aryl methyl sites for hydroxylation is 2. The highest BCUT2D eigenvalue weighted by Crippen LogP contribution is 2.27. The molecule has 0 amide bonds. The SMILES string of the molecule is COc1ccccc1NC(=S)N1CCCN(c2nc3cc(C)c(C)cc3cc2C#N)CC1. The fourth-order valence-electron chi connectivity index (χ4n) is 4.03. The fourth-order valence-corrected chi connectivity index (χ4v) is 4.32. The van der Waals surface area contributed by atoms with Gasteiger partial charge < -0.3 is 19.9 Å². The number of para-hydroxylation sites is 2. The van der Waals surface area contributed by atoms with Crippen LogP contribution in [0.15, 0.2) is 42.5 Å². The smallest absolute Gasteiger partial charge is 0.173 e. The summed E-state index contributed by atoms with van der Waals surface area (Å²) < 4.78 is 5.42. The number of benzene rings is 2. The number of pyridine rings is 1. The number of thiocarbonyl (C=S) groups is 1. The Balaban J connectivity index is 1.53. The van der Waals surface area contributed by atoms with Crippen LogP contribution >= 0.6 is 12.2 Å². The third-order valence-electron chi connectivity index (χ3n) is 5.96. The van der Waals surface area contributed by atoms with Crippen molar-refractivity contribution >= 4 is 39.7 Å². The molecule has 1 N–H and O–H groups in total. The van der Waals surface area contributed by atoms with Crippen molar-refractivity contribution in [2.24, 2.45) is 0 Å². The molecule has 1 saturated heterocycles. The zero-order valence-electron chi connectivity index (χ0n) is 18.7. The van der Waals surface area contributed by atoms with E-state index in [-0.39, 0.29) is 0 Å². The van der Waals surface area contributed by atoms with Crippen LogP contribution in [-0.4, -0.2) is 48.3 Å². The van der Waals surface area contributed by atoms with Gasteiger partial charge in [-0.25, -0.2) is 4.98 Å². The minimum absolute atomic E-state index is 0.615. The molecule has 2 heterocycles. The second kappa shape index (κ2) is 9.41. The van der Waals surface area contributed by atoms with Crippen molar-refractivity contribution in [2.75, 3.05) is 43.5 Å². The number of anilines is 2. The monoisotopic (exact) mass is 445 g/mol. The standard InChI is InChI=1S/C25H27N5OS/c1-17-13-19-15-20(16-26)24(27-22(19)14-18(17)2)29-9-6-10-30(12-11-29)25(32)28-21-7-4-5-8-23(21)31-3/h4-5,7-8,13-15H,6,9-12H2,1-3H3,(H,28,32). The van der Waals surface area contributed by atoms with Gasteiger partial charge in [-0.05, 0) is 73.9 Å². The van der Waals surface area contributed by atoms with Gasteiger partial charge in [-0.3, -0.25) is 0 Å². The summed E-state index contributed by atoms with van der Waals surface area (Å²) in [6.07, 6.45) is 0.922. The molecule has 0 aliphatic carbocycles. The van der Waals surface area contributed by atoms with Crippen LogP contribution in [0, 0.1) is 25.2 Å². The molecule has 1 aliphatic rings. The maximum absolute atomic E-state index is 9.79. The second-order valence-electron chi connectivity index (χ2n) is 8.06. The molecular formula is C25H27N5OS. The number of hydrogen-bond donors (Lipinski definition) is 1. The minimum atomic E-state index is 0.615. The second-order valence-corrected chi connectivity index (χ2v) is 8.45. The van der Waals surface area contributed by atoms with Crippen LogP contribution < -0.4 is 15.0 Å². The molecule has 0 radical (unpaired) electrons. The lowest BCUT2D eigenvalue weighted by molar-refractivity contribution is 0.416. The Morgan fingerprint density at radius 1 is 1.09 bits per heavy atom. The average Bonchev–Trinajstić information content (AvgIpc) is 3.06. The van der Waals surface area contributed by atoms with E-state index in [4.69, 9.17) is 21.9 Å². The summed E-state index contributed by atoms with van der Waals surface area (Å²) in [4.78, 5) is 9.27. The summed E-state index contributed by atoms with van der Waals surface area (Å²) in [6.45, 7) is 7.33. The first-order chi connectivity index (χ1) is 15.5. The summed E-state index contributed by atoms with van der Waals surface area (Å²) in [5.74, 6) is 1.52. The molecule has 0 spiro atoms. The molecule has 1 fully saturated rings. The summed E-state index contributed by atoms with van der Waals surface area (Å²) in [5.41, 5.74) is 4.81. The Kier molecular flexibility index (Phi) is 6.42. The third-order valence-corrected chi connectivity index (χ3v) is 6.32. The number of nitriles is 1. The van der Waals surface area contributed by atoms with E-state index in [1.54, 1.807) is 7.11 Å². The third kappa shape index (κ3) is 4.46. The maximum Gasteiger partial charge on any atom is 0.173 e. The van der Waals surface area contributed by atoms with Crippen molar-refractivity contribution in [3.63, 3.8) is 0 Å². The molecule has 3 aromatic rings. The van der Waals surface area contributed by atoms with Crippen LogP contribution in [0.5, 0.6) is 5.75 Å². The first-order valence-corrected chi connectivity index (χ1v) is 11.2. The molecule has 1 aromatic heterocycles. The van der Waals surface area contributed by atoms with Gasteiger partial charge in [-0.15, -0.1) is 0 Å². The van der Waals surface area contributed by atoms with E-state index in [0.29, 0.717) is 10.7 Å². The fraction of sp³-hybridized carbons (Fsp3) is 0.320. The first kappa shape index (κ1) is 21.8. The number of nitrogens with one attached hydrogen (secondary N) is 1. The van der Waals surface area contributed by atoms with Gasteiger partial charge >= 0.3 is 0 Å². The molecule has 4 rings (SSSR count). The molecule has 0 atom stereocenters. The summed E-state index contributed by atoms with van der Waals surface area (Å²) >= 11 is 5.69. The lowest BCUT2D eigenvalue weighted by atomic mass is 10.0. The minimum Gasteiger partial charge on any atom is -0.495 e. The van der Waals surface area contributed by atoms with E-state index in [2.05, 4.69) is 47.2 Å². The van der Waals surface area contributed by atoms with E-state index in [9.17, 15) is 5.26 Å². The lowest BCUT2D eigenvalue weighted by Gasteiger charge is -2.26. The Labute approximate surface area is 194 Å². The van der Waals surface area contributed by atoms with E-state index < -0.39 is 0 Å². The number of nitrogens with zero attached hydrogens (tertiary/aromatic N) is 4. The van der Waals surface area contributed by atoms with Crippen molar-refractivity contribution in [3.05, 3.63) is 59.2 Å². The van der Waals surface area contributed by atoms with Gasteiger partial charge in [-0.1, -0.05) is 12.1 Å². The molecular weight excluding hydrogens is 418 g/mol. The van der Waals surface area contributed by atoms with Gasteiger partial charge in [0.15, 0.2) is 5.11 Å². The largest absolute Gasteiger partial charge is 0.495 e. The molecule has 164 valence electrons. The number of rotatable bonds is 3. The number of ether oxygens (including phenoxy) is 1. The van der Waals surface area contributed by atoms with E-state index >= 15 is 0 Å². The van der Waals surface area contributed by atoms with Gasteiger partial charge in [0.2, 0.25) is 0 Å². The predicted octanol–water partition coefficient (Wildman–Crippen LogP) is 4.64. The average molecular weight is 446 g/mol. The van der Waals surface area contributed by atoms with Crippen molar-refractivity contribution in [3.8, 4) is 11.8 Å². The topological polar surface area (TPSA) is 64.4 Å². The van der Waals surface area contributed by atoms with Gasteiger partial charge in [0.1, 0.15) is 17.6 Å². The zero-order valence-corrected chi connectivity index (χ0v) is 19.5. The van der Waals surface area contributed by atoms with Crippen LogP contribution in [0.25, 0.3) is 10.9 Å². The zero-order chi connectivity index (χ0) is 22.7. The Hall–Kier alpha value is -3.37. The molecule has 0 bridgehead atoms. The van der Waals surface area contributed by atoms with Crippen LogP contribution in [0.3, 0.4) is 0 Å². The number of fused-ring (bicyclic) bond motifs is 1. The Morgan fingerprint density at radius 3 is 2.66 bits per heavy atom. The Morgan fingerprint density at radius 2 is 1.88 bits per heavy atom. The van der Waals surface area contributed by atoms with E-state index in [1.807, 2.05) is 30.3 Å². The van der Waals surface area contributed by atoms with Crippen LogP contribution in [0.4, 0.5) is 11.5 Å². The highest BCUT2D eigenvalue weighted by Gasteiger charge is 2.21. The van der Waals surface area contributed by atoms with E-state index in [1.165, 1.54) is 11.1 Å². The molecule has 1 aliphatic heterocycles. The highest BCUT2D eigenvalue weighted by molar-refractivity contribution is 7.80. The molecule has 6 nitrogen and oxygen atoms in total. The van der Waals surface area contributed by atoms with Gasteiger partial charge in [0.25, 0.3) is 0 Å². The molecule has 32 heavy (non-hydrogen) atoms. The van der Waals surface area contributed by atoms with Crippen molar-refractivity contribution in [1.82, 2.24) is 9.88 Å². The summed E-state index contributed by atoms with van der Waals surface area (Å²) in [6, 6.07) is 16.3. The highest BCUT2D eigenvalue weighted by atomic mass is 32.1. The quantitative estimate of drug-likeness (QED) is 0.589. The normalized spacial score (nSPS) is 14.1. The maximum atomic E-state index is 9.79. The molecule has 2 aromatic carbocycles. The lowest BCUT2D eigenvalue weighted by Crippen LogP contribution is -2.38. The Bertz CT molecular complexity index is 1200. The molecule has 7 heteroatoms. The summed E-state index contributed by atoms with van der Waals surface area (Å²) in [7, 11) is 1.65. The van der Waals surface area contributed by atoms with Gasteiger partial charge in [-0.2, -0.15) is 5.26 Å².